The Morgan fingerprint density at radius 1 is 1.00 bits per heavy atom. The highest BCUT2D eigenvalue weighted by Crippen LogP contribution is 2.30. The van der Waals surface area contributed by atoms with Crippen LogP contribution >= 0.6 is 0 Å². The quantitative estimate of drug-likeness (QED) is 0.697. The molecule has 1 aliphatic rings. The summed E-state index contributed by atoms with van der Waals surface area (Å²) in [7, 11) is 0. The van der Waals surface area contributed by atoms with Crippen molar-refractivity contribution < 1.29 is 33.3 Å². The predicted octanol–water partition coefficient (Wildman–Crippen LogP) is 2.75. The molecule has 8 heteroatoms. The van der Waals surface area contributed by atoms with E-state index in [2.05, 4.69) is 5.32 Å². The van der Waals surface area contributed by atoms with E-state index in [0.29, 0.717) is 41.5 Å². The molecule has 2 aromatic carbocycles. The van der Waals surface area contributed by atoms with Gasteiger partial charge in [-0.2, -0.15) is 0 Å². The van der Waals surface area contributed by atoms with Crippen molar-refractivity contribution >= 4 is 23.5 Å². The van der Waals surface area contributed by atoms with Crippen molar-refractivity contribution in [3.8, 4) is 11.5 Å². The molecule has 0 radical (unpaired) electrons. The standard InChI is InChI=1S/C22H23NO7/c1-14(2)30-22(26)16-4-6-17(7-5-16)23-20(24)13-29-21(25)12-15-3-8-18-19(11-15)28-10-9-27-18/h3-8,11,14H,9-10,12-13H2,1-2H3,(H,23,24). The predicted molar refractivity (Wildman–Crippen MR) is 108 cm³/mol. The molecule has 1 aliphatic heterocycles. The van der Waals surface area contributed by atoms with Crippen molar-refractivity contribution in [3.05, 3.63) is 53.6 Å². The Kier molecular flexibility index (Phi) is 6.90. The molecule has 1 amide bonds. The average molecular weight is 413 g/mol. The molecular formula is C22H23NO7. The zero-order chi connectivity index (χ0) is 21.5. The third-order valence-corrected chi connectivity index (χ3v) is 4.07. The number of benzene rings is 2. The number of fused-ring (bicyclic) bond motifs is 1. The zero-order valence-electron chi connectivity index (χ0n) is 16.8. The number of hydrogen-bond acceptors (Lipinski definition) is 7. The second-order valence-electron chi connectivity index (χ2n) is 6.90. The Hall–Kier alpha value is -3.55. The summed E-state index contributed by atoms with van der Waals surface area (Å²) in [5.41, 5.74) is 1.56. The second-order valence-corrected chi connectivity index (χ2v) is 6.90. The highest BCUT2D eigenvalue weighted by molar-refractivity contribution is 5.94. The molecule has 8 nitrogen and oxygen atoms in total. The minimum absolute atomic E-state index is 0.0105. The minimum Gasteiger partial charge on any atom is -0.486 e. The fourth-order valence-electron chi connectivity index (χ4n) is 2.73. The van der Waals surface area contributed by atoms with Crippen LogP contribution in [0, 0.1) is 0 Å². The van der Waals surface area contributed by atoms with Gasteiger partial charge in [-0.15, -0.1) is 0 Å². The summed E-state index contributed by atoms with van der Waals surface area (Å²) in [6, 6.07) is 11.5. The summed E-state index contributed by atoms with van der Waals surface area (Å²) in [4.78, 5) is 35.8. The van der Waals surface area contributed by atoms with Gasteiger partial charge < -0.3 is 24.3 Å². The van der Waals surface area contributed by atoms with Crippen LogP contribution in [0.25, 0.3) is 0 Å². The molecule has 1 heterocycles. The summed E-state index contributed by atoms with van der Waals surface area (Å²) >= 11 is 0. The first-order valence-electron chi connectivity index (χ1n) is 9.56. The lowest BCUT2D eigenvalue weighted by atomic mass is 10.1. The molecule has 0 saturated heterocycles. The number of anilines is 1. The number of esters is 2. The summed E-state index contributed by atoms with van der Waals surface area (Å²) in [6.07, 6.45) is -0.204. The molecule has 0 atom stereocenters. The van der Waals surface area contributed by atoms with Gasteiger partial charge in [0.25, 0.3) is 5.91 Å². The monoisotopic (exact) mass is 413 g/mol. The largest absolute Gasteiger partial charge is 0.486 e. The molecule has 0 spiro atoms. The van der Waals surface area contributed by atoms with Crippen molar-refractivity contribution in [3.63, 3.8) is 0 Å². The van der Waals surface area contributed by atoms with Gasteiger partial charge in [0.1, 0.15) is 13.2 Å². The first kappa shape index (κ1) is 21.2. The molecule has 3 rings (SSSR count). The average Bonchev–Trinajstić information content (AvgIpc) is 2.72. The topological polar surface area (TPSA) is 100 Å². The Morgan fingerprint density at radius 2 is 1.70 bits per heavy atom. The Labute approximate surface area is 174 Å². The molecule has 0 unspecified atom stereocenters. The van der Waals surface area contributed by atoms with Crippen molar-refractivity contribution in [1.29, 1.82) is 0 Å². The van der Waals surface area contributed by atoms with Crippen LogP contribution in [-0.2, 0) is 25.5 Å². The molecule has 0 fully saturated rings. The van der Waals surface area contributed by atoms with Crippen LogP contribution in [0.15, 0.2) is 42.5 Å². The van der Waals surface area contributed by atoms with Gasteiger partial charge >= 0.3 is 11.9 Å². The van der Waals surface area contributed by atoms with E-state index in [1.54, 1.807) is 56.3 Å². The molecule has 0 bridgehead atoms. The van der Waals surface area contributed by atoms with E-state index in [1.165, 1.54) is 0 Å². The Morgan fingerprint density at radius 3 is 2.40 bits per heavy atom. The van der Waals surface area contributed by atoms with Crippen LogP contribution in [0.1, 0.15) is 29.8 Å². The van der Waals surface area contributed by atoms with E-state index in [4.69, 9.17) is 18.9 Å². The van der Waals surface area contributed by atoms with Crippen LogP contribution in [0.4, 0.5) is 5.69 Å². The number of ether oxygens (including phenoxy) is 4. The highest BCUT2D eigenvalue weighted by atomic mass is 16.6. The lowest BCUT2D eigenvalue weighted by molar-refractivity contribution is -0.146. The van der Waals surface area contributed by atoms with Gasteiger partial charge in [-0.25, -0.2) is 4.79 Å². The molecule has 2 aromatic rings. The van der Waals surface area contributed by atoms with E-state index >= 15 is 0 Å². The van der Waals surface area contributed by atoms with Crippen molar-refractivity contribution in [2.24, 2.45) is 0 Å². The number of amides is 1. The van der Waals surface area contributed by atoms with Gasteiger partial charge in [0.15, 0.2) is 18.1 Å². The summed E-state index contributed by atoms with van der Waals surface area (Å²) < 4.78 is 21.1. The van der Waals surface area contributed by atoms with Crippen LogP contribution < -0.4 is 14.8 Å². The van der Waals surface area contributed by atoms with E-state index in [1.807, 2.05) is 0 Å². The third-order valence-electron chi connectivity index (χ3n) is 4.07. The first-order valence-corrected chi connectivity index (χ1v) is 9.56. The number of hydrogen-bond donors (Lipinski definition) is 1. The van der Waals surface area contributed by atoms with Gasteiger partial charge in [0, 0.05) is 5.69 Å². The van der Waals surface area contributed by atoms with Crippen molar-refractivity contribution in [2.45, 2.75) is 26.4 Å². The van der Waals surface area contributed by atoms with Gasteiger partial charge in [-0.3, -0.25) is 9.59 Å². The highest BCUT2D eigenvalue weighted by Gasteiger charge is 2.15. The van der Waals surface area contributed by atoms with E-state index in [-0.39, 0.29) is 12.5 Å². The van der Waals surface area contributed by atoms with E-state index in [0.717, 1.165) is 0 Å². The summed E-state index contributed by atoms with van der Waals surface area (Å²) in [5.74, 6) is -0.223. The maximum absolute atomic E-state index is 12.0. The summed E-state index contributed by atoms with van der Waals surface area (Å²) in [5, 5.41) is 2.60. The fourth-order valence-corrected chi connectivity index (χ4v) is 2.73. The Bertz CT molecular complexity index is 922. The zero-order valence-corrected chi connectivity index (χ0v) is 16.8. The third kappa shape index (κ3) is 5.97. The lowest BCUT2D eigenvalue weighted by Gasteiger charge is -2.18. The normalized spacial score (nSPS) is 12.2. The number of carbonyl (C=O) groups is 3. The SMILES string of the molecule is CC(C)OC(=O)c1ccc(NC(=O)COC(=O)Cc2ccc3c(c2)OCCO3)cc1. The molecular weight excluding hydrogens is 390 g/mol. The van der Waals surface area contributed by atoms with E-state index < -0.39 is 24.5 Å². The van der Waals surface area contributed by atoms with Crippen LogP contribution in [-0.4, -0.2) is 43.8 Å². The van der Waals surface area contributed by atoms with Crippen LogP contribution in [0.3, 0.4) is 0 Å². The molecule has 0 aliphatic carbocycles. The molecule has 0 aromatic heterocycles. The molecule has 1 N–H and O–H groups in total. The van der Waals surface area contributed by atoms with Gasteiger partial charge in [0.2, 0.25) is 0 Å². The van der Waals surface area contributed by atoms with E-state index in [9.17, 15) is 14.4 Å². The lowest BCUT2D eigenvalue weighted by Crippen LogP contribution is -2.22. The fraction of sp³-hybridized carbons (Fsp3) is 0.318. The second kappa shape index (κ2) is 9.78. The Balaban J connectivity index is 1.45. The smallest absolute Gasteiger partial charge is 0.338 e. The molecule has 0 saturated carbocycles. The van der Waals surface area contributed by atoms with Gasteiger partial charge in [-0.1, -0.05) is 6.07 Å². The molecule has 30 heavy (non-hydrogen) atoms. The van der Waals surface area contributed by atoms with Gasteiger partial charge in [0.05, 0.1) is 18.1 Å². The first-order chi connectivity index (χ1) is 14.4. The van der Waals surface area contributed by atoms with Crippen molar-refractivity contribution in [2.75, 3.05) is 25.1 Å². The maximum atomic E-state index is 12.0. The minimum atomic E-state index is -0.534. The van der Waals surface area contributed by atoms with Crippen molar-refractivity contribution in [1.82, 2.24) is 0 Å². The summed E-state index contributed by atoms with van der Waals surface area (Å²) in [6.45, 7) is 4.07. The molecule has 158 valence electrons. The number of carbonyl (C=O) groups excluding carboxylic acids is 3. The van der Waals surface area contributed by atoms with Crippen LogP contribution in [0.2, 0.25) is 0 Å². The number of rotatable bonds is 7. The maximum Gasteiger partial charge on any atom is 0.338 e. The number of nitrogens with one attached hydrogen (secondary N) is 1. The van der Waals surface area contributed by atoms with Crippen LogP contribution in [0.5, 0.6) is 11.5 Å². The van der Waals surface area contributed by atoms with Gasteiger partial charge in [-0.05, 0) is 55.8 Å².